The predicted octanol–water partition coefficient (Wildman–Crippen LogP) is 3.44. The summed E-state index contributed by atoms with van der Waals surface area (Å²) in [7, 11) is 0. The van der Waals surface area contributed by atoms with E-state index in [1.165, 1.54) is 12.1 Å². The second kappa shape index (κ2) is 7.04. The molecule has 0 aliphatic heterocycles. The van der Waals surface area contributed by atoms with Crippen molar-refractivity contribution in [1.82, 2.24) is 14.8 Å². The van der Waals surface area contributed by atoms with Crippen LogP contribution in [0.4, 0.5) is 4.39 Å². The van der Waals surface area contributed by atoms with E-state index in [4.69, 9.17) is 5.10 Å². The largest absolute Gasteiger partial charge is 0.394 e. The van der Waals surface area contributed by atoms with Gasteiger partial charge in [-0.15, -0.1) is 0 Å². The molecule has 2 atom stereocenters. The third kappa shape index (κ3) is 3.28. The van der Waals surface area contributed by atoms with E-state index in [1.54, 1.807) is 36.1 Å². The van der Waals surface area contributed by atoms with E-state index < -0.39 is 0 Å². The number of halogens is 1. The summed E-state index contributed by atoms with van der Waals surface area (Å²) in [4.78, 5) is 16.0. The van der Waals surface area contributed by atoms with Crippen molar-refractivity contribution in [3.63, 3.8) is 0 Å². The Morgan fingerprint density at radius 1 is 1.19 bits per heavy atom. The normalized spacial score (nSPS) is 18.5. The molecule has 2 unspecified atom stereocenters. The first-order valence-electron chi connectivity index (χ1n) is 8.98. The number of hydrogen-bond acceptors (Lipinski definition) is 4. The minimum atomic E-state index is -0.307. The Balaban J connectivity index is 1.93. The fourth-order valence-corrected chi connectivity index (χ4v) is 3.68. The van der Waals surface area contributed by atoms with Crippen molar-refractivity contribution < 1.29 is 14.3 Å². The van der Waals surface area contributed by atoms with Crippen LogP contribution in [0.3, 0.4) is 0 Å². The Kier molecular flexibility index (Phi) is 4.58. The van der Waals surface area contributed by atoms with Crippen LogP contribution in [-0.4, -0.2) is 32.3 Å². The van der Waals surface area contributed by atoms with Crippen LogP contribution in [0.1, 0.15) is 25.0 Å². The van der Waals surface area contributed by atoms with Gasteiger partial charge in [0.05, 0.1) is 18.8 Å². The van der Waals surface area contributed by atoms with Gasteiger partial charge in [-0.25, -0.2) is 4.39 Å². The summed E-state index contributed by atoms with van der Waals surface area (Å²) >= 11 is 0. The lowest BCUT2D eigenvalue weighted by Crippen LogP contribution is -2.09. The summed E-state index contributed by atoms with van der Waals surface area (Å²) in [6, 6.07) is 10.0. The van der Waals surface area contributed by atoms with Gasteiger partial charge >= 0.3 is 0 Å². The summed E-state index contributed by atoms with van der Waals surface area (Å²) < 4.78 is 15.2. The van der Waals surface area contributed by atoms with Gasteiger partial charge in [-0.1, -0.05) is 0 Å². The maximum atomic E-state index is 13.4. The van der Waals surface area contributed by atoms with Gasteiger partial charge in [0, 0.05) is 35.4 Å². The van der Waals surface area contributed by atoms with E-state index in [0.717, 1.165) is 34.5 Å². The van der Waals surface area contributed by atoms with Crippen molar-refractivity contribution in [1.29, 1.82) is 0 Å². The van der Waals surface area contributed by atoms with E-state index in [0.29, 0.717) is 6.54 Å². The monoisotopic (exact) mass is 365 g/mol. The number of nitrogens with zero attached hydrogens (tertiary/aromatic N) is 3. The number of ketones is 1. The van der Waals surface area contributed by atoms with Crippen molar-refractivity contribution in [2.24, 2.45) is 5.92 Å². The number of aliphatic hydroxyl groups excluding tert-OH is 1. The summed E-state index contributed by atoms with van der Waals surface area (Å²) in [6.45, 7) is 1.91. The Hall–Kier alpha value is -2.86. The van der Waals surface area contributed by atoms with Crippen LogP contribution in [0.2, 0.25) is 0 Å². The van der Waals surface area contributed by atoms with Crippen LogP contribution in [-0.2, 0) is 11.3 Å². The first-order chi connectivity index (χ1) is 13.1. The number of aliphatic hydroxyl groups is 1. The van der Waals surface area contributed by atoms with Gasteiger partial charge in [0.1, 0.15) is 17.3 Å². The number of rotatable bonds is 6. The van der Waals surface area contributed by atoms with E-state index >= 15 is 0 Å². The molecule has 138 valence electrons. The lowest BCUT2D eigenvalue weighted by atomic mass is 9.97. The molecule has 0 bridgehead atoms. The Morgan fingerprint density at radius 2 is 1.89 bits per heavy atom. The molecule has 1 aliphatic carbocycles. The SMILES string of the molecule is CC(=O)C1CC1c1c(-c2ccncc2)c(-c2ccc(F)cc2)nn1CCO. The van der Waals surface area contributed by atoms with Gasteiger partial charge in [-0.2, -0.15) is 5.10 Å². The smallest absolute Gasteiger partial charge is 0.133 e. The van der Waals surface area contributed by atoms with Crippen LogP contribution in [0.15, 0.2) is 48.8 Å². The van der Waals surface area contributed by atoms with E-state index in [1.807, 2.05) is 12.1 Å². The molecule has 27 heavy (non-hydrogen) atoms. The Labute approximate surface area is 156 Å². The summed E-state index contributed by atoms with van der Waals surface area (Å²) in [5, 5.41) is 14.2. The number of carbonyl (C=O) groups excluding carboxylic acids is 1. The standard InChI is InChI=1S/C21H20FN3O2/c1-13(27)17-12-18(17)21-19(14-6-8-23-9-7-14)20(24-25(21)10-11-26)15-2-4-16(22)5-3-15/h2-9,17-18,26H,10-12H2,1H3. The highest BCUT2D eigenvalue weighted by atomic mass is 19.1. The molecule has 4 rings (SSSR count). The van der Waals surface area contributed by atoms with Crippen LogP contribution in [0.5, 0.6) is 0 Å². The number of Topliss-reactive ketones (excluding diaryl/α,β-unsaturated/α-hetero) is 1. The van der Waals surface area contributed by atoms with Gasteiger partial charge in [-0.3, -0.25) is 14.5 Å². The van der Waals surface area contributed by atoms with Crippen LogP contribution >= 0.6 is 0 Å². The molecule has 1 aliphatic rings. The van der Waals surface area contributed by atoms with E-state index in [9.17, 15) is 14.3 Å². The van der Waals surface area contributed by atoms with Crippen molar-refractivity contribution in [3.05, 3.63) is 60.3 Å². The zero-order valence-electron chi connectivity index (χ0n) is 15.0. The van der Waals surface area contributed by atoms with Crippen LogP contribution in [0, 0.1) is 11.7 Å². The highest BCUT2D eigenvalue weighted by Crippen LogP contribution is 2.52. The third-order valence-corrected chi connectivity index (χ3v) is 5.05. The van der Waals surface area contributed by atoms with Gasteiger partial charge in [-0.05, 0) is 55.3 Å². The quantitative estimate of drug-likeness (QED) is 0.727. The van der Waals surface area contributed by atoms with Crippen LogP contribution < -0.4 is 0 Å². The molecule has 1 N–H and O–H groups in total. The first kappa shape index (κ1) is 17.5. The Bertz CT molecular complexity index is 967. The van der Waals surface area contributed by atoms with Crippen molar-refractivity contribution in [2.75, 3.05) is 6.61 Å². The van der Waals surface area contributed by atoms with Crippen molar-refractivity contribution >= 4 is 5.78 Å². The fourth-order valence-electron chi connectivity index (χ4n) is 3.68. The minimum absolute atomic E-state index is 0.0132. The molecule has 2 aromatic heterocycles. The van der Waals surface area contributed by atoms with Gasteiger partial charge in [0.25, 0.3) is 0 Å². The lowest BCUT2D eigenvalue weighted by Gasteiger charge is -2.09. The molecule has 1 aromatic carbocycles. The van der Waals surface area contributed by atoms with Crippen LogP contribution in [0.25, 0.3) is 22.4 Å². The number of hydrogen-bond donors (Lipinski definition) is 1. The number of carbonyl (C=O) groups is 1. The molecule has 0 amide bonds. The first-order valence-corrected chi connectivity index (χ1v) is 8.98. The molecule has 1 fully saturated rings. The highest BCUT2D eigenvalue weighted by Gasteiger charge is 2.46. The lowest BCUT2D eigenvalue weighted by molar-refractivity contribution is -0.118. The van der Waals surface area contributed by atoms with Gasteiger partial charge in [0.15, 0.2) is 0 Å². The number of benzene rings is 1. The van der Waals surface area contributed by atoms with E-state index in [-0.39, 0.29) is 30.0 Å². The number of pyridine rings is 1. The minimum Gasteiger partial charge on any atom is -0.394 e. The van der Waals surface area contributed by atoms with Gasteiger partial charge in [0.2, 0.25) is 0 Å². The van der Waals surface area contributed by atoms with Gasteiger partial charge < -0.3 is 5.11 Å². The second-order valence-corrected chi connectivity index (χ2v) is 6.86. The average Bonchev–Trinajstić information content (AvgIpc) is 3.38. The molecule has 2 heterocycles. The average molecular weight is 365 g/mol. The molecule has 5 nitrogen and oxygen atoms in total. The molecule has 6 heteroatoms. The molecule has 0 radical (unpaired) electrons. The summed E-state index contributed by atoms with van der Waals surface area (Å²) in [5.41, 5.74) is 4.33. The molecular weight excluding hydrogens is 345 g/mol. The Morgan fingerprint density at radius 3 is 2.48 bits per heavy atom. The summed E-state index contributed by atoms with van der Waals surface area (Å²) in [5.74, 6) is -0.0708. The maximum Gasteiger partial charge on any atom is 0.133 e. The van der Waals surface area contributed by atoms with Crippen molar-refractivity contribution in [3.8, 4) is 22.4 Å². The fraction of sp³-hybridized carbons (Fsp3) is 0.286. The third-order valence-electron chi connectivity index (χ3n) is 5.05. The number of aromatic nitrogens is 3. The second-order valence-electron chi connectivity index (χ2n) is 6.86. The zero-order chi connectivity index (χ0) is 19.0. The molecular formula is C21H20FN3O2. The molecule has 3 aromatic rings. The predicted molar refractivity (Wildman–Crippen MR) is 99.5 cm³/mol. The maximum absolute atomic E-state index is 13.4. The molecule has 0 saturated heterocycles. The topological polar surface area (TPSA) is 68.0 Å². The van der Waals surface area contributed by atoms with Crippen molar-refractivity contribution in [2.45, 2.75) is 25.8 Å². The zero-order valence-corrected chi connectivity index (χ0v) is 15.0. The highest BCUT2D eigenvalue weighted by molar-refractivity contribution is 5.87. The molecule has 0 spiro atoms. The summed E-state index contributed by atoms with van der Waals surface area (Å²) in [6.07, 6.45) is 4.21. The van der Waals surface area contributed by atoms with E-state index in [2.05, 4.69) is 4.98 Å². The molecule has 1 saturated carbocycles.